The number of hydrogen-bond acceptors (Lipinski definition) is 6. The van der Waals surface area contributed by atoms with Gasteiger partial charge in [-0.15, -0.1) is 10.2 Å². The molecule has 0 saturated heterocycles. The predicted molar refractivity (Wildman–Crippen MR) is 123 cm³/mol. The number of rotatable bonds is 9. The van der Waals surface area contributed by atoms with Gasteiger partial charge in [0.2, 0.25) is 0 Å². The molecule has 1 heterocycles. The highest BCUT2D eigenvalue weighted by atomic mass is 32.2. The minimum Gasteiger partial charge on any atom is -0.342 e. The number of hydrogen-bond donors (Lipinski definition) is 1. The smallest absolute Gasteiger partial charge is 0.254 e. The molecule has 2 aromatic carbocycles. The standard InChI is InChI=1S/C24H24FN5O2S/c1-4-30-22(21(15(2)3)27-23(32)18-7-5-6-8-19(18)25)28-29-24(30)33-14-20(31)17-11-9-16(13-26)10-12-17/h5-12,15,21H,4,14H2,1-3H3,(H,27,32)/t21-/m0/s1. The van der Waals surface area contributed by atoms with Gasteiger partial charge in [0.1, 0.15) is 5.82 Å². The fraction of sp³-hybridized carbons (Fsp3) is 0.292. The van der Waals surface area contributed by atoms with Crippen LogP contribution >= 0.6 is 11.8 Å². The van der Waals surface area contributed by atoms with E-state index in [0.29, 0.717) is 28.7 Å². The van der Waals surface area contributed by atoms with E-state index in [2.05, 4.69) is 15.5 Å². The van der Waals surface area contributed by atoms with E-state index in [0.717, 1.165) is 0 Å². The SMILES string of the molecule is CCn1c(SCC(=O)c2ccc(C#N)cc2)nnc1[C@@H](NC(=O)c1ccccc1F)C(C)C. The van der Waals surface area contributed by atoms with Crippen molar-refractivity contribution in [3.8, 4) is 6.07 Å². The van der Waals surface area contributed by atoms with E-state index in [1.54, 1.807) is 30.3 Å². The average molecular weight is 466 g/mol. The summed E-state index contributed by atoms with van der Waals surface area (Å²) in [6.45, 7) is 6.33. The summed E-state index contributed by atoms with van der Waals surface area (Å²) in [5, 5.41) is 20.8. The molecule has 1 aromatic heterocycles. The number of Topliss-reactive ketones (excluding diaryl/α,β-unsaturated/α-hetero) is 1. The van der Waals surface area contributed by atoms with Crippen LogP contribution < -0.4 is 5.32 Å². The number of nitriles is 1. The molecule has 0 bridgehead atoms. The Labute approximate surface area is 196 Å². The first-order valence-electron chi connectivity index (χ1n) is 10.5. The van der Waals surface area contributed by atoms with Crippen molar-refractivity contribution in [3.63, 3.8) is 0 Å². The van der Waals surface area contributed by atoms with Crippen LogP contribution in [-0.4, -0.2) is 32.2 Å². The number of ketones is 1. The van der Waals surface area contributed by atoms with Gasteiger partial charge in [0.05, 0.1) is 29.0 Å². The molecule has 3 rings (SSSR count). The normalized spacial score (nSPS) is 11.8. The van der Waals surface area contributed by atoms with Gasteiger partial charge in [-0.05, 0) is 37.1 Å². The second-order valence-corrected chi connectivity index (χ2v) is 8.60. The Morgan fingerprint density at radius 2 is 1.85 bits per heavy atom. The fourth-order valence-electron chi connectivity index (χ4n) is 3.27. The van der Waals surface area contributed by atoms with Gasteiger partial charge in [-0.3, -0.25) is 9.59 Å². The number of halogens is 1. The Balaban J connectivity index is 1.77. The molecular weight excluding hydrogens is 441 g/mol. The lowest BCUT2D eigenvalue weighted by Gasteiger charge is -2.22. The summed E-state index contributed by atoms with van der Waals surface area (Å²) in [5.74, 6) is -0.545. The summed E-state index contributed by atoms with van der Waals surface area (Å²) in [5.41, 5.74) is 0.974. The van der Waals surface area contributed by atoms with Crippen molar-refractivity contribution < 1.29 is 14.0 Å². The van der Waals surface area contributed by atoms with Crippen LogP contribution in [0.5, 0.6) is 0 Å². The second kappa shape index (κ2) is 10.9. The number of thioether (sulfide) groups is 1. The van der Waals surface area contributed by atoms with Crippen LogP contribution in [0.25, 0.3) is 0 Å². The number of nitrogens with zero attached hydrogens (tertiary/aromatic N) is 4. The van der Waals surface area contributed by atoms with E-state index in [-0.39, 0.29) is 23.0 Å². The molecule has 0 saturated carbocycles. The van der Waals surface area contributed by atoms with Crippen LogP contribution in [0.3, 0.4) is 0 Å². The molecule has 1 amide bonds. The molecule has 0 radical (unpaired) electrons. The lowest BCUT2D eigenvalue weighted by molar-refractivity contribution is 0.0917. The largest absolute Gasteiger partial charge is 0.342 e. The highest BCUT2D eigenvalue weighted by molar-refractivity contribution is 7.99. The molecule has 0 aliphatic carbocycles. The van der Waals surface area contributed by atoms with Gasteiger partial charge in [0.15, 0.2) is 16.8 Å². The molecule has 0 spiro atoms. The Kier molecular flexibility index (Phi) is 7.96. The third-order valence-electron chi connectivity index (χ3n) is 5.08. The molecule has 0 fully saturated rings. The Bertz CT molecular complexity index is 1180. The fourth-order valence-corrected chi connectivity index (χ4v) is 4.18. The average Bonchev–Trinajstić information content (AvgIpc) is 3.23. The highest BCUT2D eigenvalue weighted by Gasteiger charge is 2.27. The van der Waals surface area contributed by atoms with E-state index in [1.165, 1.54) is 30.0 Å². The van der Waals surface area contributed by atoms with Crippen molar-refractivity contribution in [2.24, 2.45) is 5.92 Å². The molecule has 33 heavy (non-hydrogen) atoms. The van der Waals surface area contributed by atoms with Crippen molar-refractivity contribution in [2.75, 3.05) is 5.75 Å². The molecule has 0 aliphatic heterocycles. The quantitative estimate of drug-likeness (QED) is 0.371. The number of nitrogens with one attached hydrogen (secondary N) is 1. The molecule has 9 heteroatoms. The van der Waals surface area contributed by atoms with Gasteiger partial charge in [-0.25, -0.2) is 4.39 Å². The molecule has 3 aromatic rings. The first-order valence-corrected chi connectivity index (χ1v) is 11.5. The van der Waals surface area contributed by atoms with Crippen LogP contribution in [0, 0.1) is 23.1 Å². The number of aromatic nitrogens is 3. The summed E-state index contributed by atoms with van der Waals surface area (Å²) in [6.07, 6.45) is 0. The zero-order valence-corrected chi connectivity index (χ0v) is 19.4. The third kappa shape index (κ3) is 5.65. The maximum atomic E-state index is 14.1. The summed E-state index contributed by atoms with van der Waals surface area (Å²) in [7, 11) is 0. The maximum Gasteiger partial charge on any atom is 0.254 e. The Morgan fingerprint density at radius 1 is 1.15 bits per heavy atom. The van der Waals surface area contributed by atoms with Crippen LogP contribution in [0.4, 0.5) is 4.39 Å². The van der Waals surface area contributed by atoms with E-state index in [9.17, 15) is 14.0 Å². The topological polar surface area (TPSA) is 101 Å². The Hall–Kier alpha value is -3.51. The number of carbonyl (C=O) groups excluding carboxylic acids is 2. The second-order valence-electron chi connectivity index (χ2n) is 7.66. The van der Waals surface area contributed by atoms with Crippen molar-refractivity contribution in [3.05, 3.63) is 76.9 Å². The molecule has 0 unspecified atom stereocenters. The van der Waals surface area contributed by atoms with Crippen LogP contribution in [-0.2, 0) is 6.54 Å². The molecule has 1 N–H and O–H groups in total. The van der Waals surface area contributed by atoms with Gasteiger partial charge in [0, 0.05) is 12.1 Å². The van der Waals surface area contributed by atoms with Gasteiger partial charge < -0.3 is 9.88 Å². The lowest BCUT2D eigenvalue weighted by Crippen LogP contribution is -2.34. The molecular formula is C24H24FN5O2S. The van der Waals surface area contributed by atoms with Crippen molar-refractivity contribution in [2.45, 2.75) is 38.5 Å². The third-order valence-corrected chi connectivity index (χ3v) is 6.05. The number of benzene rings is 2. The Morgan fingerprint density at radius 3 is 2.45 bits per heavy atom. The number of carbonyl (C=O) groups is 2. The van der Waals surface area contributed by atoms with Crippen LogP contribution in [0.15, 0.2) is 53.7 Å². The predicted octanol–water partition coefficient (Wildman–Crippen LogP) is 4.41. The summed E-state index contributed by atoms with van der Waals surface area (Å²) in [4.78, 5) is 25.2. The lowest BCUT2D eigenvalue weighted by atomic mass is 10.0. The van der Waals surface area contributed by atoms with E-state index < -0.39 is 17.8 Å². The van der Waals surface area contributed by atoms with Crippen molar-refractivity contribution in [1.82, 2.24) is 20.1 Å². The molecule has 0 aliphatic rings. The molecule has 7 nitrogen and oxygen atoms in total. The van der Waals surface area contributed by atoms with Crippen molar-refractivity contribution in [1.29, 1.82) is 5.26 Å². The van der Waals surface area contributed by atoms with Gasteiger partial charge >= 0.3 is 0 Å². The van der Waals surface area contributed by atoms with Crippen molar-refractivity contribution >= 4 is 23.5 Å². The van der Waals surface area contributed by atoms with Crippen LogP contribution in [0.1, 0.15) is 58.9 Å². The zero-order valence-electron chi connectivity index (χ0n) is 18.6. The number of amides is 1. The van der Waals surface area contributed by atoms with Gasteiger partial charge in [-0.1, -0.05) is 49.9 Å². The van der Waals surface area contributed by atoms with Crippen LogP contribution in [0.2, 0.25) is 0 Å². The van der Waals surface area contributed by atoms with Gasteiger partial charge in [0.25, 0.3) is 5.91 Å². The molecule has 1 atom stereocenters. The minimum absolute atomic E-state index is 0.0339. The summed E-state index contributed by atoms with van der Waals surface area (Å²) < 4.78 is 15.9. The van der Waals surface area contributed by atoms with E-state index in [1.807, 2.05) is 31.4 Å². The first kappa shape index (κ1) is 24.1. The first-order chi connectivity index (χ1) is 15.8. The monoisotopic (exact) mass is 465 g/mol. The summed E-state index contributed by atoms with van der Waals surface area (Å²) in [6, 6.07) is 13.8. The highest BCUT2D eigenvalue weighted by Crippen LogP contribution is 2.26. The minimum atomic E-state index is -0.591. The summed E-state index contributed by atoms with van der Waals surface area (Å²) >= 11 is 1.25. The molecule has 170 valence electrons. The van der Waals surface area contributed by atoms with Gasteiger partial charge in [-0.2, -0.15) is 5.26 Å². The maximum absolute atomic E-state index is 14.1. The zero-order chi connectivity index (χ0) is 24.0. The van der Waals surface area contributed by atoms with E-state index >= 15 is 0 Å². The van der Waals surface area contributed by atoms with E-state index in [4.69, 9.17) is 5.26 Å².